The third kappa shape index (κ3) is 5.35. The Morgan fingerprint density at radius 1 is 0.976 bits per heavy atom. The van der Waals surface area contributed by atoms with E-state index in [2.05, 4.69) is 22.9 Å². The molecule has 2 bridgehead atoms. The number of sulfonamides is 1. The summed E-state index contributed by atoms with van der Waals surface area (Å²) in [6.45, 7) is 2.11. The van der Waals surface area contributed by atoms with Crippen molar-refractivity contribution >= 4 is 42.6 Å². The molecule has 42 heavy (non-hydrogen) atoms. The van der Waals surface area contributed by atoms with Gasteiger partial charge in [0.05, 0.1) is 11.0 Å². The summed E-state index contributed by atoms with van der Waals surface area (Å²) in [6, 6.07) is 12.8. The topological polar surface area (TPSA) is 66.9 Å². The van der Waals surface area contributed by atoms with Crippen LogP contribution in [0.5, 0.6) is 5.75 Å². The molecule has 1 aliphatic carbocycles. The Balaban J connectivity index is 1.36. The van der Waals surface area contributed by atoms with Gasteiger partial charge in [-0.1, -0.05) is 47.1 Å². The van der Waals surface area contributed by atoms with Gasteiger partial charge in [0.15, 0.2) is 6.04 Å². The van der Waals surface area contributed by atoms with Gasteiger partial charge in [-0.05, 0) is 98.0 Å². The summed E-state index contributed by atoms with van der Waals surface area (Å²) in [7, 11) is -3.40. The molecule has 0 radical (unpaired) electrons. The van der Waals surface area contributed by atoms with E-state index in [4.69, 9.17) is 4.74 Å². The van der Waals surface area contributed by atoms with E-state index < -0.39 is 33.5 Å². The second kappa shape index (κ2) is 11.2. The number of alkyl halides is 2. The number of nitrogens with zero attached hydrogens (tertiary/aromatic N) is 2. The molecule has 2 saturated heterocycles. The van der Waals surface area contributed by atoms with Gasteiger partial charge in [-0.25, -0.2) is 8.42 Å². The number of carbonyl (C=O) groups excluding carboxylic acids is 1. The molecule has 224 valence electrons. The fourth-order valence-corrected chi connectivity index (χ4v) is 8.35. The molecule has 1 amide bonds. The SMILES string of the molecule is CC1CC2CCC(C1)N2C(=O)C(N(C)S(=O)(=O)c1ccc2cc(OC3CCC3)ccc2c1)C(F)(F)c1ccc(Br)cc1. The second-order valence-electron chi connectivity index (χ2n) is 12.1. The minimum absolute atomic E-state index is 0.148. The first-order valence-corrected chi connectivity index (χ1v) is 16.8. The zero-order valence-corrected chi connectivity index (χ0v) is 26.1. The number of halogens is 3. The molecule has 2 heterocycles. The van der Waals surface area contributed by atoms with E-state index >= 15 is 8.78 Å². The predicted molar refractivity (Wildman–Crippen MR) is 161 cm³/mol. The number of hydrogen-bond acceptors (Lipinski definition) is 4. The Hall–Kier alpha value is -2.56. The van der Waals surface area contributed by atoms with Crippen LogP contribution < -0.4 is 4.74 Å². The molecular weight excluding hydrogens is 626 g/mol. The molecule has 0 aromatic heterocycles. The van der Waals surface area contributed by atoms with Crippen LogP contribution in [0.4, 0.5) is 8.78 Å². The largest absolute Gasteiger partial charge is 0.490 e. The third-order valence-corrected chi connectivity index (χ3v) is 11.6. The lowest BCUT2D eigenvalue weighted by Crippen LogP contribution is -2.60. The Kier molecular flexibility index (Phi) is 7.85. The highest BCUT2D eigenvalue weighted by molar-refractivity contribution is 9.10. The van der Waals surface area contributed by atoms with Crippen LogP contribution in [0, 0.1) is 5.92 Å². The molecule has 6 rings (SSSR count). The molecule has 0 spiro atoms. The highest BCUT2D eigenvalue weighted by Crippen LogP contribution is 2.43. The summed E-state index contributed by atoms with van der Waals surface area (Å²) in [5, 5.41) is 1.41. The molecule has 3 aliphatic rings. The lowest BCUT2D eigenvalue weighted by Gasteiger charge is -2.42. The molecule has 0 N–H and O–H groups in total. The van der Waals surface area contributed by atoms with Crippen LogP contribution in [-0.2, 0) is 20.7 Å². The number of hydrogen-bond donors (Lipinski definition) is 0. The summed E-state index contributed by atoms with van der Waals surface area (Å²) >= 11 is 3.27. The van der Waals surface area contributed by atoms with Crippen LogP contribution in [0.1, 0.15) is 57.4 Å². The molecule has 3 fully saturated rings. The van der Waals surface area contributed by atoms with Gasteiger partial charge < -0.3 is 9.64 Å². The summed E-state index contributed by atoms with van der Waals surface area (Å²) < 4.78 is 68.1. The zero-order chi connectivity index (χ0) is 29.8. The third-order valence-electron chi connectivity index (χ3n) is 9.21. The van der Waals surface area contributed by atoms with Crippen LogP contribution >= 0.6 is 15.9 Å². The van der Waals surface area contributed by atoms with Crippen LogP contribution in [-0.4, -0.2) is 54.8 Å². The van der Waals surface area contributed by atoms with Crippen molar-refractivity contribution < 1.29 is 26.7 Å². The maximum atomic E-state index is 16.5. The van der Waals surface area contributed by atoms with E-state index in [-0.39, 0.29) is 23.1 Å². The molecular formula is C32H35BrF2N2O4S. The summed E-state index contributed by atoms with van der Waals surface area (Å²) in [4.78, 5) is 15.6. The van der Waals surface area contributed by atoms with Crippen molar-refractivity contribution in [3.05, 3.63) is 70.7 Å². The summed E-state index contributed by atoms with van der Waals surface area (Å²) in [6.07, 6.45) is 6.33. The summed E-state index contributed by atoms with van der Waals surface area (Å²) in [5.41, 5.74) is -0.415. The first-order chi connectivity index (χ1) is 19.9. The summed E-state index contributed by atoms with van der Waals surface area (Å²) in [5.74, 6) is -3.53. The van der Waals surface area contributed by atoms with Crippen molar-refractivity contribution in [2.75, 3.05) is 7.05 Å². The Bertz CT molecular complexity index is 1580. The average molecular weight is 662 g/mol. The standard InChI is InChI=1S/C32H35BrF2N2O4S/c1-20-16-25-12-13-26(17-20)37(25)31(38)30(32(34,35)23-8-10-24(33)11-9-23)36(2)42(39,40)29-15-7-21-18-28(14-6-22(21)19-29)41-27-4-3-5-27/h6-11,14-15,18-20,25-27,30H,3-5,12-13,16-17H2,1-2H3. The smallest absolute Gasteiger partial charge is 0.298 e. The van der Waals surface area contributed by atoms with E-state index in [1.54, 1.807) is 23.1 Å². The highest BCUT2D eigenvalue weighted by atomic mass is 79.9. The number of ether oxygens (including phenoxy) is 1. The van der Waals surface area contributed by atoms with Crippen LogP contribution in [0.2, 0.25) is 0 Å². The van der Waals surface area contributed by atoms with Gasteiger partial charge in [-0.3, -0.25) is 4.79 Å². The molecule has 3 unspecified atom stereocenters. The number of piperidine rings is 1. The van der Waals surface area contributed by atoms with Crippen molar-refractivity contribution in [2.24, 2.45) is 5.92 Å². The van der Waals surface area contributed by atoms with Gasteiger partial charge in [0.1, 0.15) is 5.75 Å². The van der Waals surface area contributed by atoms with E-state index in [9.17, 15) is 13.2 Å². The van der Waals surface area contributed by atoms with Crippen molar-refractivity contribution in [1.82, 2.24) is 9.21 Å². The first-order valence-electron chi connectivity index (χ1n) is 14.6. The van der Waals surface area contributed by atoms with Gasteiger partial charge in [-0.2, -0.15) is 13.1 Å². The Labute approximate surface area is 254 Å². The number of rotatable bonds is 8. The quantitative estimate of drug-likeness (QED) is 0.258. The lowest BCUT2D eigenvalue weighted by atomic mass is 9.90. The molecule has 10 heteroatoms. The highest BCUT2D eigenvalue weighted by Gasteiger charge is 2.56. The average Bonchev–Trinajstić information content (AvgIpc) is 3.21. The van der Waals surface area contributed by atoms with E-state index in [0.717, 1.165) is 57.4 Å². The van der Waals surface area contributed by atoms with Crippen molar-refractivity contribution in [2.45, 2.75) is 86.9 Å². The van der Waals surface area contributed by atoms with Crippen molar-refractivity contribution in [3.63, 3.8) is 0 Å². The van der Waals surface area contributed by atoms with Crippen molar-refractivity contribution in [3.8, 4) is 5.75 Å². The molecule has 3 aromatic carbocycles. The lowest BCUT2D eigenvalue weighted by molar-refractivity contribution is -0.155. The monoisotopic (exact) mass is 660 g/mol. The normalized spacial score (nSPS) is 23.7. The minimum atomic E-state index is -4.50. The Morgan fingerprint density at radius 3 is 2.21 bits per heavy atom. The number of fused-ring (bicyclic) bond motifs is 3. The zero-order valence-electron chi connectivity index (χ0n) is 23.7. The van der Waals surface area contributed by atoms with Gasteiger partial charge >= 0.3 is 0 Å². The number of amides is 1. The van der Waals surface area contributed by atoms with Gasteiger partial charge in [0.25, 0.3) is 5.92 Å². The maximum Gasteiger partial charge on any atom is 0.298 e. The fourth-order valence-electron chi connectivity index (χ4n) is 6.74. The van der Waals surface area contributed by atoms with Gasteiger partial charge in [0, 0.05) is 29.2 Å². The first kappa shape index (κ1) is 29.5. The predicted octanol–water partition coefficient (Wildman–Crippen LogP) is 7.10. The second-order valence-corrected chi connectivity index (χ2v) is 15.0. The van der Waals surface area contributed by atoms with Crippen LogP contribution in [0.25, 0.3) is 10.8 Å². The molecule has 1 saturated carbocycles. The molecule has 2 aliphatic heterocycles. The van der Waals surface area contributed by atoms with Gasteiger partial charge in [0.2, 0.25) is 15.9 Å². The number of likely N-dealkylation sites (N-methyl/N-ethyl adjacent to an activating group) is 1. The van der Waals surface area contributed by atoms with Crippen LogP contribution in [0.15, 0.2) is 70.0 Å². The number of carbonyl (C=O) groups is 1. The maximum absolute atomic E-state index is 16.5. The molecule has 3 atom stereocenters. The van der Waals surface area contributed by atoms with E-state index in [1.165, 1.54) is 36.4 Å². The minimum Gasteiger partial charge on any atom is -0.490 e. The molecule has 6 nitrogen and oxygen atoms in total. The Morgan fingerprint density at radius 2 is 1.60 bits per heavy atom. The van der Waals surface area contributed by atoms with E-state index in [0.29, 0.717) is 25.8 Å². The van der Waals surface area contributed by atoms with Crippen LogP contribution in [0.3, 0.4) is 0 Å². The number of benzene rings is 3. The van der Waals surface area contributed by atoms with E-state index in [1.807, 2.05) is 6.07 Å². The molecule has 3 aromatic rings. The van der Waals surface area contributed by atoms with Gasteiger partial charge in [-0.15, -0.1) is 0 Å². The fraction of sp³-hybridized carbons (Fsp3) is 0.469. The van der Waals surface area contributed by atoms with Crippen molar-refractivity contribution in [1.29, 1.82) is 0 Å².